The van der Waals surface area contributed by atoms with E-state index in [-0.39, 0.29) is 18.7 Å². The molecule has 0 spiro atoms. The monoisotopic (exact) mass is 440 g/mol. The molecule has 0 atom stereocenters. The summed E-state index contributed by atoms with van der Waals surface area (Å²) in [4.78, 5) is 0. The van der Waals surface area contributed by atoms with Crippen molar-refractivity contribution in [1.29, 1.82) is 0 Å². The van der Waals surface area contributed by atoms with Crippen LogP contribution < -0.4 is 9.46 Å². The number of halogens is 2. The van der Waals surface area contributed by atoms with Crippen molar-refractivity contribution < 1.29 is 26.5 Å². The molecule has 2 heterocycles. The predicted octanol–water partition coefficient (Wildman–Crippen LogP) is 3.65. The number of ether oxygens (including phenoxy) is 1. The number of methoxy groups -OCH3 is 1. The molecule has 1 saturated carbocycles. The number of nitrogens with one attached hydrogen (secondary N) is 1. The summed E-state index contributed by atoms with van der Waals surface area (Å²) < 4.78 is 67.4. The van der Waals surface area contributed by atoms with Crippen LogP contribution in [-0.4, -0.2) is 42.6 Å². The van der Waals surface area contributed by atoms with Gasteiger partial charge in [-0.3, -0.25) is 9.40 Å². The van der Waals surface area contributed by atoms with E-state index in [1.165, 1.54) is 7.11 Å². The first kappa shape index (κ1) is 20.6. The summed E-state index contributed by atoms with van der Waals surface area (Å²) in [7, 11) is -2.63. The number of fused-ring (bicyclic) bond motifs is 1. The Bertz CT molecular complexity index is 1120. The van der Waals surface area contributed by atoms with Gasteiger partial charge in [0, 0.05) is 17.8 Å². The lowest BCUT2D eigenvalue weighted by Gasteiger charge is -2.27. The average Bonchev–Trinajstić information content (AvgIpc) is 3.43. The Morgan fingerprint density at radius 2 is 2.10 bits per heavy atom. The molecule has 0 aliphatic heterocycles. The second-order valence-corrected chi connectivity index (χ2v) is 9.36. The largest absolute Gasteiger partial charge is 0.496 e. The Morgan fingerprint density at radius 3 is 2.73 bits per heavy atom. The fourth-order valence-electron chi connectivity index (χ4n) is 4.06. The zero-order valence-corrected chi connectivity index (χ0v) is 17.2. The molecule has 4 rings (SSSR count). The van der Waals surface area contributed by atoms with E-state index in [0.717, 1.165) is 5.56 Å². The van der Waals surface area contributed by atoms with Gasteiger partial charge in [0.25, 0.3) is 0 Å². The molecule has 1 aromatic carbocycles. The molecule has 0 radical (unpaired) electrons. The van der Waals surface area contributed by atoms with Gasteiger partial charge in [-0.25, -0.2) is 17.2 Å². The van der Waals surface area contributed by atoms with Crippen molar-refractivity contribution in [3.63, 3.8) is 0 Å². The highest BCUT2D eigenvalue weighted by Gasteiger charge is 2.46. The first-order chi connectivity index (χ1) is 14.3. The van der Waals surface area contributed by atoms with Gasteiger partial charge >= 0.3 is 0 Å². The Morgan fingerprint density at radius 1 is 1.33 bits per heavy atom. The fourth-order valence-corrected chi connectivity index (χ4v) is 5.74. The van der Waals surface area contributed by atoms with Gasteiger partial charge in [-0.1, -0.05) is 18.0 Å². The van der Waals surface area contributed by atoms with E-state index in [9.17, 15) is 17.2 Å². The van der Waals surface area contributed by atoms with Gasteiger partial charge in [0.15, 0.2) is 11.4 Å². The van der Waals surface area contributed by atoms with Crippen LogP contribution in [0.25, 0.3) is 11.0 Å². The number of benzene rings is 1. The van der Waals surface area contributed by atoms with E-state index in [2.05, 4.69) is 15.0 Å². The lowest BCUT2D eigenvalue weighted by atomic mass is 9.89. The van der Waals surface area contributed by atoms with Crippen molar-refractivity contribution >= 4 is 26.8 Å². The second kappa shape index (κ2) is 7.86. The highest BCUT2D eigenvalue weighted by Crippen LogP contribution is 2.44. The van der Waals surface area contributed by atoms with Crippen LogP contribution >= 0.6 is 0 Å². The van der Waals surface area contributed by atoms with Crippen LogP contribution in [0.3, 0.4) is 0 Å². The maximum atomic E-state index is 13.6. The van der Waals surface area contributed by atoms with E-state index < -0.39 is 27.6 Å². The Labute approximate surface area is 172 Å². The van der Waals surface area contributed by atoms with Crippen molar-refractivity contribution in [2.24, 2.45) is 5.41 Å². The summed E-state index contributed by atoms with van der Waals surface area (Å²) in [6.07, 6.45) is 2.33. The molecular formula is C19H22F2N4O4S. The van der Waals surface area contributed by atoms with Gasteiger partial charge in [-0.2, -0.15) is 5.10 Å². The van der Waals surface area contributed by atoms with Gasteiger partial charge in [0.05, 0.1) is 19.4 Å². The zero-order valence-electron chi connectivity index (χ0n) is 16.3. The maximum absolute atomic E-state index is 13.6. The summed E-state index contributed by atoms with van der Waals surface area (Å²) in [6, 6.07) is 5.24. The minimum absolute atomic E-state index is 0.0742. The van der Waals surface area contributed by atoms with Gasteiger partial charge in [0.1, 0.15) is 11.1 Å². The number of anilines is 1. The van der Waals surface area contributed by atoms with Crippen LogP contribution in [0, 0.1) is 5.41 Å². The molecule has 0 unspecified atom stereocenters. The Kier molecular flexibility index (Phi) is 5.39. The molecular weight excluding hydrogens is 418 g/mol. The molecule has 30 heavy (non-hydrogen) atoms. The van der Waals surface area contributed by atoms with E-state index in [4.69, 9.17) is 9.26 Å². The summed E-state index contributed by atoms with van der Waals surface area (Å²) in [5.74, 6) is -0.376. The smallest absolute Gasteiger partial charge is 0.245 e. The molecule has 2 aromatic heterocycles. The second-order valence-electron chi connectivity index (χ2n) is 7.64. The first-order valence-corrected chi connectivity index (χ1v) is 11.2. The number of rotatable bonds is 8. The molecule has 1 N–H and O–H groups in total. The lowest BCUT2D eigenvalue weighted by Crippen LogP contribution is -2.36. The number of sulfonamides is 1. The van der Waals surface area contributed by atoms with Crippen molar-refractivity contribution in [3.8, 4) is 5.75 Å². The predicted molar refractivity (Wildman–Crippen MR) is 106 cm³/mol. The minimum atomic E-state index is -4.08. The fraction of sp³-hybridized carbons (Fsp3) is 0.474. The molecule has 0 bridgehead atoms. The summed E-state index contributed by atoms with van der Waals surface area (Å²) in [5, 5.41) is 8.30. The topological polar surface area (TPSA) is 99.2 Å². The average molecular weight is 440 g/mol. The standard InChI is InChI=1S/C19H22F2N4O4S/c1-28-14-9-13(11-25-8-4-7-22-25)10-15-16(14)17(23-29-15)24-30(26,27)12-19(18(20)21)5-2-3-6-19/h4,7-10,18H,2-3,5-6,11-12H2,1H3,(H,23,24). The summed E-state index contributed by atoms with van der Waals surface area (Å²) in [5.41, 5.74) is -0.387. The lowest BCUT2D eigenvalue weighted by molar-refractivity contribution is 0.0142. The molecule has 0 amide bonds. The third kappa shape index (κ3) is 3.98. The van der Waals surface area contributed by atoms with Gasteiger partial charge in [0.2, 0.25) is 16.4 Å². The number of hydrogen-bond acceptors (Lipinski definition) is 6. The number of alkyl halides is 2. The van der Waals surface area contributed by atoms with Crippen LogP contribution in [0.2, 0.25) is 0 Å². The summed E-state index contributed by atoms with van der Waals surface area (Å²) in [6.45, 7) is 0.456. The van der Waals surface area contributed by atoms with Crippen LogP contribution in [0.5, 0.6) is 5.75 Å². The van der Waals surface area contributed by atoms with Crippen molar-refractivity contribution in [2.75, 3.05) is 17.6 Å². The molecule has 1 aliphatic carbocycles. The highest BCUT2D eigenvalue weighted by atomic mass is 32.2. The van der Waals surface area contributed by atoms with Gasteiger partial charge in [-0.15, -0.1) is 0 Å². The quantitative estimate of drug-likeness (QED) is 0.574. The van der Waals surface area contributed by atoms with Gasteiger partial charge < -0.3 is 9.26 Å². The van der Waals surface area contributed by atoms with Gasteiger partial charge in [-0.05, 0) is 36.6 Å². The van der Waals surface area contributed by atoms with E-state index in [0.29, 0.717) is 36.1 Å². The highest BCUT2D eigenvalue weighted by molar-refractivity contribution is 7.92. The number of hydrogen-bond donors (Lipinski definition) is 1. The third-order valence-electron chi connectivity index (χ3n) is 5.51. The van der Waals surface area contributed by atoms with Crippen LogP contribution in [0.4, 0.5) is 14.6 Å². The van der Waals surface area contributed by atoms with Crippen molar-refractivity contribution in [3.05, 3.63) is 36.2 Å². The normalized spacial score (nSPS) is 16.4. The first-order valence-electron chi connectivity index (χ1n) is 9.54. The van der Waals surface area contributed by atoms with E-state index >= 15 is 0 Å². The van der Waals surface area contributed by atoms with E-state index in [1.807, 2.05) is 0 Å². The van der Waals surface area contributed by atoms with E-state index in [1.54, 1.807) is 35.3 Å². The Balaban J connectivity index is 1.62. The molecule has 1 fully saturated rings. The van der Waals surface area contributed by atoms with Crippen molar-refractivity contribution in [2.45, 2.75) is 38.7 Å². The van der Waals surface area contributed by atoms with Crippen molar-refractivity contribution in [1.82, 2.24) is 14.9 Å². The molecule has 162 valence electrons. The molecule has 3 aromatic rings. The zero-order chi connectivity index (χ0) is 21.4. The SMILES string of the molecule is COc1cc(Cn2cccn2)cc2onc(NS(=O)(=O)CC3(C(F)F)CCCC3)c12. The molecule has 8 nitrogen and oxygen atoms in total. The third-order valence-corrected chi connectivity index (χ3v) is 6.97. The molecule has 11 heteroatoms. The maximum Gasteiger partial charge on any atom is 0.245 e. The molecule has 1 aliphatic rings. The minimum Gasteiger partial charge on any atom is -0.496 e. The summed E-state index contributed by atoms with van der Waals surface area (Å²) >= 11 is 0. The number of aromatic nitrogens is 3. The van der Waals surface area contributed by atoms with Crippen LogP contribution in [-0.2, 0) is 16.6 Å². The van der Waals surface area contributed by atoms with Crippen LogP contribution in [0.1, 0.15) is 31.2 Å². The number of nitrogens with zero attached hydrogens (tertiary/aromatic N) is 3. The molecule has 0 saturated heterocycles. The van der Waals surface area contributed by atoms with Crippen LogP contribution in [0.15, 0.2) is 35.1 Å². The Hall–Kier alpha value is -2.69.